The van der Waals surface area contributed by atoms with E-state index in [9.17, 15) is 4.79 Å². The van der Waals surface area contributed by atoms with Gasteiger partial charge in [0.15, 0.2) is 0 Å². The van der Waals surface area contributed by atoms with E-state index in [0.717, 1.165) is 16.1 Å². The van der Waals surface area contributed by atoms with Gasteiger partial charge >= 0.3 is 0 Å². The Balaban J connectivity index is 1.64. The SMILES string of the molecule is Cc1ccc(CC(=O)Nc2cc(-c3cccs3)no2)cc1. The van der Waals surface area contributed by atoms with Crippen molar-refractivity contribution in [1.29, 1.82) is 0 Å². The molecule has 3 rings (SSSR count). The largest absolute Gasteiger partial charge is 0.338 e. The van der Waals surface area contributed by atoms with Crippen LogP contribution in [0.15, 0.2) is 52.4 Å². The van der Waals surface area contributed by atoms with E-state index >= 15 is 0 Å². The van der Waals surface area contributed by atoms with Gasteiger partial charge in [-0.25, -0.2) is 0 Å². The Morgan fingerprint density at radius 1 is 1.29 bits per heavy atom. The molecule has 1 amide bonds. The van der Waals surface area contributed by atoms with Gasteiger partial charge in [0.1, 0.15) is 5.69 Å². The third-order valence-electron chi connectivity index (χ3n) is 3.03. The Labute approximate surface area is 126 Å². The highest BCUT2D eigenvalue weighted by Gasteiger charge is 2.10. The topological polar surface area (TPSA) is 55.1 Å². The summed E-state index contributed by atoms with van der Waals surface area (Å²) in [5, 5.41) is 8.65. The number of aromatic nitrogens is 1. The zero-order chi connectivity index (χ0) is 14.7. The van der Waals surface area contributed by atoms with E-state index < -0.39 is 0 Å². The van der Waals surface area contributed by atoms with E-state index in [-0.39, 0.29) is 5.91 Å². The van der Waals surface area contributed by atoms with Gasteiger partial charge in [-0.15, -0.1) is 11.3 Å². The maximum absolute atomic E-state index is 12.0. The van der Waals surface area contributed by atoms with Gasteiger partial charge in [-0.2, -0.15) is 0 Å². The van der Waals surface area contributed by atoms with Crippen molar-refractivity contribution >= 4 is 23.1 Å². The standard InChI is InChI=1S/C16H14N2O2S/c1-11-4-6-12(7-5-11)9-15(19)17-16-10-13(18-20-16)14-3-2-8-21-14/h2-8,10H,9H2,1H3,(H,17,19). The maximum Gasteiger partial charge on any atom is 0.231 e. The molecule has 106 valence electrons. The molecule has 0 saturated heterocycles. The fraction of sp³-hybridized carbons (Fsp3) is 0.125. The van der Waals surface area contributed by atoms with Crippen LogP contribution in [0.2, 0.25) is 0 Å². The molecule has 0 unspecified atom stereocenters. The van der Waals surface area contributed by atoms with Gasteiger partial charge < -0.3 is 4.52 Å². The van der Waals surface area contributed by atoms with Crippen LogP contribution in [-0.4, -0.2) is 11.1 Å². The molecule has 5 heteroatoms. The first-order valence-electron chi connectivity index (χ1n) is 6.57. The number of aryl methyl sites for hydroxylation is 1. The Bertz CT molecular complexity index is 730. The smallest absolute Gasteiger partial charge is 0.231 e. The van der Waals surface area contributed by atoms with E-state index in [0.29, 0.717) is 12.3 Å². The number of carbonyl (C=O) groups is 1. The van der Waals surface area contributed by atoms with E-state index in [4.69, 9.17) is 4.52 Å². The average Bonchev–Trinajstić information content (AvgIpc) is 3.12. The van der Waals surface area contributed by atoms with Crippen molar-refractivity contribution in [2.45, 2.75) is 13.3 Å². The first kappa shape index (κ1) is 13.6. The summed E-state index contributed by atoms with van der Waals surface area (Å²) in [6.45, 7) is 2.02. The quantitative estimate of drug-likeness (QED) is 0.795. The van der Waals surface area contributed by atoms with E-state index in [2.05, 4.69) is 10.5 Å². The summed E-state index contributed by atoms with van der Waals surface area (Å²) in [4.78, 5) is 13.0. The summed E-state index contributed by atoms with van der Waals surface area (Å²) in [5.41, 5.74) is 2.88. The number of hydrogen-bond acceptors (Lipinski definition) is 4. The Morgan fingerprint density at radius 3 is 2.81 bits per heavy atom. The molecule has 0 atom stereocenters. The second kappa shape index (κ2) is 5.93. The molecule has 0 radical (unpaired) electrons. The lowest BCUT2D eigenvalue weighted by atomic mass is 10.1. The number of thiophene rings is 1. The van der Waals surface area contributed by atoms with E-state index in [1.54, 1.807) is 17.4 Å². The lowest BCUT2D eigenvalue weighted by molar-refractivity contribution is -0.115. The van der Waals surface area contributed by atoms with Crippen molar-refractivity contribution in [2.75, 3.05) is 5.32 Å². The fourth-order valence-electron chi connectivity index (χ4n) is 1.95. The molecule has 21 heavy (non-hydrogen) atoms. The van der Waals surface area contributed by atoms with Crippen molar-refractivity contribution in [3.05, 3.63) is 59.0 Å². The van der Waals surface area contributed by atoms with Gasteiger partial charge in [0.25, 0.3) is 0 Å². The van der Waals surface area contributed by atoms with E-state index in [1.807, 2.05) is 48.7 Å². The minimum absolute atomic E-state index is 0.118. The molecular formula is C16H14N2O2S. The lowest BCUT2D eigenvalue weighted by Gasteiger charge is -2.01. The van der Waals surface area contributed by atoms with Crippen LogP contribution in [-0.2, 0) is 11.2 Å². The minimum atomic E-state index is -0.118. The average molecular weight is 298 g/mol. The summed E-state index contributed by atoms with van der Waals surface area (Å²) in [6.07, 6.45) is 0.315. The van der Waals surface area contributed by atoms with Crippen LogP contribution in [0.1, 0.15) is 11.1 Å². The summed E-state index contributed by atoms with van der Waals surface area (Å²) in [5.74, 6) is 0.253. The predicted molar refractivity (Wildman–Crippen MR) is 83.3 cm³/mol. The highest BCUT2D eigenvalue weighted by atomic mass is 32.1. The van der Waals surface area contributed by atoms with Gasteiger partial charge in [-0.3, -0.25) is 10.1 Å². The van der Waals surface area contributed by atoms with Crippen LogP contribution < -0.4 is 5.32 Å². The third-order valence-corrected chi connectivity index (χ3v) is 3.92. The first-order chi connectivity index (χ1) is 10.2. The normalized spacial score (nSPS) is 10.5. The highest BCUT2D eigenvalue weighted by Crippen LogP contribution is 2.25. The Kier molecular flexibility index (Phi) is 3.83. The summed E-state index contributed by atoms with van der Waals surface area (Å²) < 4.78 is 5.14. The highest BCUT2D eigenvalue weighted by molar-refractivity contribution is 7.13. The minimum Gasteiger partial charge on any atom is -0.338 e. The molecule has 1 aromatic carbocycles. The number of nitrogens with one attached hydrogen (secondary N) is 1. The van der Waals surface area contributed by atoms with Crippen LogP contribution in [0.5, 0.6) is 0 Å². The molecule has 0 aliphatic heterocycles. The van der Waals surface area contributed by atoms with Crippen molar-refractivity contribution in [1.82, 2.24) is 5.16 Å². The van der Waals surface area contributed by atoms with Gasteiger partial charge in [-0.05, 0) is 23.9 Å². The van der Waals surface area contributed by atoms with Crippen molar-refractivity contribution < 1.29 is 9.32 Å². The number of carbonyl (C=O) groups excluding carboxylic acids is 1. The third kappa shape index (κ3) is 3.38. The molecule has 0 aliphatic carbocycles. The lowest BCUT2D eigenvalue weighted by Crippen LogP contribution is -2.13. The van der Waals surface area contributed by atoms with Crippen LogP contribution in [0.25, 0.3) is 10.6 Å². The number of rotatable bonds is 4. The predicted octanol–water partition coefficient (Wildman–Crippen LogP) is 3.89. The van der Waals surface area contributed by atoms with E-state index in [1.165, 1.54) is 5.56 Å². The summed E-state index contributed by atoms with van der Waals surface area (Å²) in [7, 11) is 0. The molecule has 0 fully saturated rings. The molecule has 0 aliphatic rings. The molecule has 0 saturated carbocycles. The van der Waals surface area contributed by atoms with Gasteiger partial charge in [0.2, 0.25) is 11.8 Å². The molecule has 1 N–H and O–H groups in total. The van der Waals surface area contributed by atoms with Crippen LogP contribution in [0.3, 0.4) is 0 Å². The number of anilines is 1. The number of benzene rings is 1. The molecule has 3 aromatic rings. The second-order valence-corrected chi connectivity index (χ2v) is 5.71. The molecule has 4 nitrogen and oxygen atoms in total. The summed E-state index contributed by atoms with van der Waals surface area (Å²) in [6, 6.07) is 13.5. The zero-order valence-electron chi connectivity index (χ0n) is 11.5. The number of amides is 1. The van der Waals surface area contributed by atoms with Crippen molar-refractivity contribution in [3.63, 3.8) is 0 Å². The molecule has 2 heterocycles. The number of hydrogen-bond donors (Lipinski definition) is 1. The molecular weight excluding hydrogens is 284 g/mol. The second-order valence-electron chi connectivity index (χ2n) is 4.76. The van der Waals surface area contributed by atoms with Crippen LogP contribution in [0.4, 0.5) is 5.88 Å². The van der Waals surface area contributed by atoms with Crippen LogP contribution >= 0.6 is 11.3 Å². The Hall–Kier alpha value is -2.40. The molecule has 2 aromatic heterocycles. The zero-order valence-corrected chi connectivity index (χ0v) is 12.3. The van der Waals surface area contributed by atoms with Gasteiger partial charge in [-0.1, -0.05) is 41.1 Å². The summed E-state index contributed by atoms with van der Waals surface area (Å²) >= 11 is 1.58. The van der Waals surface area contributed by atoms with Crippen molar-refractivity contribution in [3.8, 4) is 10.6 Å². The molecule has 0 spiro atoms. The maximum atomic E-state index is 12.0. The van der Waals surface area contributed by atoms with Crippen LogP contribution in [0, 0.1) is 6.92 Å². The first-order valence-corrected chi connectivity index (χ1v) is 7.45. The number of nitrogens with zero attached hydrogens (tertiary/aromatic N) is 1. The fourth-order valence-corrected chi connectivity index (χ4v) is 2.63. The molecule has 0 bridgehead atoms. The monoisotopic (exact) mass is 298 g/mol. The van der Waals surface area contributed by atoms with Gasteiger partial charge in [0, 0.05) is 6.07 Å². The van der Waals surface area contributed by atoms with Crippen molar-refractivity contribution in [2.24, 2.45) is 0 Å². The Morgan fingerprint density at radius 2 is 2.10 bits per heavy atom. The van der Waals surface area contributed by atoms with Gasteiger partial charge in [0.05, 0.1) is 11.3 Å².